The fourth-order valence-electron chi connectivity index (χ4n) is 1.95. The Morgan fingerprint density at radius 2 is 1.96 bits per heavy atom. The first kappa shape index (κ1) is 19.4. The molecule has 0 aliphatic carbocycles. The number of halogens is 2. The molecule has 0 fully saturated rings. The van der Waals surface area contributed by atoms with Crippen molar-refractivity contribution in [3.63, 3.8) is 0 Å². The maximum atomic E-state index is 12.3. The van der Waals surface area contributed by atoms with Gasteiger partial charge in [0.1, 0.15) is 0 Å². The van der Waals surface area contributed by atoms with Gasteiger partial charge in [-0.3, -0.25) is 9.59 Å². The normalized spacial score (nSPS) is 12.0. The van der Waals surface area contributed by atoms with Gasteiger partial charge in [-0.1, -0.05) is 17.8 Å². The Balaban J connectivity index is 1.78. The van der Waals surface area contributed by atoms with Crippen LogP contribution in [0.3, 0.4) is 0 Å². The van der Waals surface area contributed by atoms with Crippen LogP contribution in [-0.2, 0) is 20.7 Å². The van der Waals surface area contributed by atoms with E-state index in [2.05, 4.69) is 5.32 Å². The van der Waals surface area contributed by atoms with Gasteiger partial charge in [-0.05, 0) is 49.1 Å². The molecule has 1 heterocycles. The Bertz CT molecular complexity index is 690. The summed E-state index contributed by atoms with van der Waals surface area (Å²) in [5.74, 6) is -3.41. The monoisotopic (exact) mass is 385 g/mol. The standard InChI is InChI=1S/C17H17F2NO3S2/c1-11(23-15(21)9-8-13-3-2-10-24-13)16(22)20-12-4-6-14(7-5-12)25-17(18)19/h2-7,10-11,17H,8-9H2,1H3,(H,20,22)/t11-/m0/s1. The topological polar surface area (TPSA) is 55.4 Å². The molecule has 0 aliphatic rings. The SMILES string of the molecule is C[C@H](OC(=O)CCc1cccs1)C(=O)Nc1ccc(SC(F)F)cc1. The first-order chi connectivity index (χ1) is 11.9. The highest BCUT2D eigenvalue weighted by atomic mass is 32.2. The number of thioether (sulfide) groups is 1. The number of rotatable bonds is 8. The molecule has 134 valence electrons. The van der Waals surface area contributed by atoms with Gasteiger partial charge in [0.2, 0.25) is 0 Å². The third kappa shape index (κ3) is 6.83. The van der Waals surface area contributed by atoms with Crippen molar-refractivity contribution >= 4 is 40.7 Å². The van der Waals surface area contributed by atoms with Gasteiger partial charge in [-0.15, -0.1) is 11.3 Å². The van der Waals surface area contributed by atoms with Crippen LogP contribution in [0.5, 0.6) is 0 Å². The smallest absolute Gasteiger partial charge is 0.306 e. The van der Waals surface area contributed by atoms with Crippen LogP contribution in [0.4, 0.5) is 14.5 Å². The van der Waals surface area contributed by atoms with Crippen molar-refractivity contribution in [2.24, 2.45) is 0 Å². The quantitative estimate of drug-likeness (QED) is 0.534. The highest BCUT2D eigenvalue weighted by Crippen LogP contribution is 2.26. The highest BCUT2D eigenvalue weighted by Gasteiger charge is 2.18. The number of amides is 1. The van der Waals surface area contributed by atoms with Gasteiger partial charge in [0.25, 0.3) is 11.7 Å². The Morgan fingerprint density at radius 3 is 2.56 bits per heavy atom. The van der Waals surface area contributed by atoms with Gasteiger partial charge >= 0.3 is 5.97 Å². The maximum Gasteiger partial charge on any atom is 0.306 e. The molecule has 4 nitrogen and oxygen atoms in total. The second-order valence-electron chi connectivity index (χ2n) is 5.10. The molecule has 2 aromatic rings. The fraction of sp³-hybridized carbons (Fsp3) is 0.294. The molecule has 0 saturated heterocycles. The maximum absolute atomic E-state index is 12.3. The Hall–Kier alpha value is -1.93. The number of benzene rings is 1. The number of thiophene rings is 1. The third-order valence-electron chi connectivity index (χ3n) is 3.18. The summed E-state index contributed by atoms with van der Waals surface area (Å²) < 4.78 is 29.6. The van der Waals surface area contributed by atoms with E-state index in [9.17, 15) is 18.4 Å². The van der Waals surface area contributed by atoms with Crippen molar-refractivity contribution in [1.29, 1.82) is 0 Å². The molecular formula is C17H17F2NO3S2. The largest absolute Gasteiger partial charge is 0.453 e. The predicted molar refractivity (Wildman–Crippen MR) is 95.1 cm³/mol. The summed E-state index contributed by atoms with van der Waals surface area (Å²) in [5, 5.41) is 4.52. The summed E-state index contributed by atoms with van der Waals surface area (Å²) in [6, 6.07) is 9.87. The van der Waals surface area contributed by atoms with Crippen molar-refractivity contribution in [2.75, 3.05) is 5.32 Å². The first-order valence-electron chi connectivity index (χ1n) is 7.51. The number of carbonyl (C=O) groups excluding carboxylic acids is 2. The number of anilines is 1. The number of hydrogen-bond acceptors (Lipinski definition) is 5. The van der Waals surface area contributed by atoms with Gasteiger partial charge in [-0.2, -0.15) is 8.78 Å². The lowest BCUT2D eigenvalue weighted by Crippen LogP contribution is -2.30. The molecule has 1 aromatic carbocycles. The van der Waals surface area contributed by atoms with E-state index in [-0.39, 0.29) is 6.42 Å². The average Bonchev–Trinajstić information content (AvgIpc) is 3.07. The molecule has 0 aliphatic heterocycles. The Labute approximate surface area is 152 Å². The number of alkyl halides is 2. The zero-order valence-electron chi connectivity index (χ0n) is 13.4. The average molecular weight is 385 g/mol. The van der Waals surface area contributed by atoms with Gasteiger partial charge < -0.3 is 10.1 Å². The summed E-state index contributed by atoms with van der Waals surface area (Å²) >= 11 is 1.99. The molecule has 0 bridgehead atoms. The fourth-order valence-corrected chi connectivity index (χ4v) is 3.16. The zero-order chi connectivity index (χ0) is 18.2. The molecule has 25 heavy (non-hydrogen) atoms. The van der Waals surface area contributed by atoms with E-state index in [1.54, 1.807) is 11.3 Å². The Kier molecular flexibility index (Phi) is 7.39. The van der Waals surface area contributed by atoms with Crippen molar-refractivity contribution in [2.45, 2.75) is 36.5 Å². The van der Waals surface area contributed by atoms with Gasteiger partial charge in [-0.25, -0.2) is 0 Å². The zero-order valence-corrected chi connectivity index (χ0v) is 15.0. The summed E-state index contributed by atoms with van der Waals surface area (Å²) in [6.45, 7) is 1.49. The molecule has 0 unspecified atom stereocenters. The summed E-state index contributed by atoms with van der Waals surface area (Å²) in [4.78, 5) is 25.3. The second kappa shape index (κ2) is 9.53. The minimum Gasteiger partial charge on any atom is -0.453 e. The lowest BCUT2D eigenvalue weighted by Gasteiger charge is -2.13. The molecule has 1 atom stereocenters. The molecule has 8 heteroatoms. The van der Waals surface area contributed by atoms with Crippen LogP contribution in [-0.4, -0.2) is 23.7 Å². The van der Waals surface area contributed by atoms with E-state index in [4.69, 9.17) is 4.74 Å². The summed E-state index contributed by atoms with van der Waals surface area (Å²) in [7, 11) is 0. The molecule has 0 radical (unpaired) electrons. The molecule has 0 saturated carbocycles. The van der Waals surface area contributed by atoms with Crippen LogP contribution in [0.15, 0.2) is 46.7 Å². The predicted octanol–water partition coefficient (Wildman–Crippen LogP) is 4.57. The van der Waals surface area contributed by atoms with E-state index in [0.717, 1.165) is 4.88 Å². The van der Waals surface area contributed by atoms with Crippen LogP contribution in [0.25, 0.3) is 0 Å². The molecule has 1 N–H and O–H groups in total. The number of aryl methyl sites for hydroxylation is 1. The second-order valence-corrected chi connectivity index (χ2v) is 7.20. The summed E-state index contributed by atoms with van der Waals surface area (Å²) in [6.07, 6.45) is -0.155. The number of hydrogen-bond donors (Lipinski definition) is 1. The van der Waals surface area contributed by atoms with Crippen molar-refractivity contribution in [1.82, 2.24) is 0 Å². The number of nitrogens with one attached hydrogen (secondary N) is 1. The van der Waals surface area contributed by atoms with Gasteiger partial charge in [0.15, 0.2) is 6.10 Å². The van der Waals surface area contributed by atoms with E-state index in [0.29, 0.717) is 28.8 Å². The van der Waals surface area contributed by atoms with E-state index in [1.165, 1.54) is 31.2 Å². The number of esters is 1. The van der Waals surface area contributed by atoms with Crippen LogP contribution >= 0.6 is 23.1 Å². The van der Waals surface area contributed by atoms with E-state index < -0.39 is 23.7 Å². The molecule has 1 aromatic heterocycles. The molecule has 0 spiro atoms. The van der Waals surface area contributed by atoms with Crippen LogP contribution in [0.2, 0.25) is 0 Å². The van der Waals surface area contributed by atoms with Crippen molar-refractivity contribution in [3.05, 3.63) is 46.7 Å². The summed E-state index contributed by atoms with van der Waals surface area (Å²) in [5.41, 5.74) is 0.449. The molecule has 1 amide bonds. The van der Waals surface area contributed by atoms with Crippen molar-refractivity contribution in [3.8, 4) is 0 Å². The lowest BCUT2D eigenvalue weighted by atomic mass is 10.2. The van der Waals surface area contributed by atoms with Gasteiger partial charge in [0.05, 0.1) is 6.42 Å². The third-order valence-corrected chi connectivity index (χ3v) is 4.84. The van der Waals surface area contributed by atoms with Crippen LogP contribution < -0.4 is 5.32 Å². The number of ether oxygens (including phenoxy) is 1. The number of carbonyl (C=O) groups is 2. The van der Waals surface area contributed by atoms with Gasteiger partial charge in [0, 0.05) is 15.5 Å². The molecular weight excluding hydrogens is 368 g/mol. The Morgan fingerprint density at radius 1 is 1.24 bits per heavy atom. The lowest BCUT2D eigenvalue weighted by molar-refractivity contribution is -0.153. The van der Waals surface area contributed by atoms with Crippen molar-refractivity contribution < 1.29 is 23.1 Å². The minimum atomic E-state index is -2.49. The van der Waals surface area contributed by atoms with E-state index in [1.807, 2.05) is 17.5 Å². The first-order valence-corrected chi connectivity index (χ1v) is 9.27. The minimum absolute atomic E-state index is 0.206. The highest BCUT2D eigenvalue weighted by molar-refractivity contribution is 7.99. The molecule has 2 rings (SSSR count). The van der Waals surface area contributed by atoms with E-state index >= 15 is 0 Å². The van der Waals surface area contributed by atoms with Crippen LogP contribution in [0.1, 0.15) is 18.2 Å². The van der Waals surface area contributed by atoms with Crippen LogP contribution in [0, 0.1) is 0 Å².